The van der Waals surface area contributed by atoms with Gasteiger partial charge in [-0.1, -0.05) is 18.2 Å². The molecule has 1 N–H and O–H groups in total. The Morgan fingerprint density at radius 1 is 1.12 bits per heavy atom. The zero-order valence-electron chi connectivity index (χ0n) is 14.7. The van der Waals surface area contributed by atoms with E-state index < -0.39 is 0 Å². The summed E-state index contributed by atoms with van der Waals surface area (Å²) in [6, 6.07) is 8.29. The van der Waals surface area contributed by atoms with Gasteiger partial charge >= 0.3 is 0 Å². The van der Waals surface area contributed by atoms with Gasteiger partial charge in [0.1, 0.15) is 17.2 Å². The van der Waals surface area contributed by atoms with Crippen molar-refractivity contribution < 1.29 is 4.42 Å². The molecule has 2 aromatic heterocycles. The minimum Gasteiger partial charge on any atom is -0.464 e. The minimum absolute atomic E-state index is 0. The van der Waals surface area contributed by atoms with Crippen molar-refractivity contribution in [3.8, 4) is 0 Å². The lowest BCUT2D eigenvalue weighted by Crippen LogP contribution is -2.34. The Bertz CT molecular complexity index is 881. The monoisotopic (exact) mass is 373 g/mol. The first-order valence-corrected chi connectivity index (χ1v) is 9.18. The topological polar surface area (TPSA) is 59.1 Å². The number of halogens is 1. The van der Waals surface area contributed by atoms with Crippen LogP contribution in [0.4, 0.5) is 0 Å². The molecular weight excluding hydrogens is 350 g/mol. The van der Waals surface area contributed by atoms with E-state index in [0.29, 0.717) is 5.92 Å². The Balaban J connectivity index is 0.00000168. The first-order valence-electron chi connectivity index (χ1n) is 9.18. The average molecular weight is 374 g/mol. The van der Waals surface area contributed by atoms with Crippen molar-refractivity contribution in [2.75, 3.05) is 19.6 Å². The van der Waals surface area contributed by atoms with Crippen molar-refractivity contribution in [2.24, 2.45) is 0 Å². The summed E-state index contributed by atoms with van der Waals surface area (Å²) in [6.45, 7) is 6.03. The van der Waals surface area contributed by atoms with Crippen molar-refractivity contribution in [1.82, 2.24) is 25.0 Å². The van der Waals surface area contributed by atoms with E-state index >= 15 is 0 Å². The summed E-state index contributed by atoms with van der Waals surface area (Å²) < 4.78 is 8.01. The molecule has 4 heterocycles. The molecule has 0 spiro atoms. The van der Waals surface area contributed by atoms with Gasteiger partial charge in [0.25, 0.3) is 0 Å². The highest BCUT2D eigenvalue weighted by Gasteiger charge is 2.27. The highest BCUT2D eigenvalue weighted by Crippen LogP contribution is 2.30. The fourth-order valence-corrected chi connectivity index (χ4v) is 4.16. The maximum Gasteiger partial charge on any atom is 0.147 e. The van der Waals surface area contributed by atoms with Crippen molar-refractivity contribution in [1.29, 1.82) is 0 Å². The number of piperidine rings is 1. The van der Waals surface area contributed by atoms with Crippen LogP contribution in [0.25, 0.3) is 11.0 Å². The standard InChI is InChI=1S/C19H23N5O.ClH/c1-2-4-17-16(3-1)15(13-25-17)12-23-8-5-14(6-9-23)19-22-21-18-11-20-7-10-24(18)19;/h1-4,13-14,20H,5-12H2;1H. The second-order valence-corrected chi connectivity index (χ2v) is 7.11. The molecule has 1 fully saturated rings. The number of likely N-dealkylation sites (tertiary alicyclic amines) is 1. The van der Waals surface area contributed by atoms with Gasteiger partial charge in [-0.05, 0) is 32.0 Å². The van der Waals surface area contributed by atoms with Crippen molar-refractivity contribution >= 4 is 23.4 Å². The van der Waals surface area contributed by atoms with Gasteiger partial charge in [0.05, 0.1) is 12.8 Å². The number of furan rings is 1. The summed E-state index contributed by atoms with van der Waals surface area (Å²) in [6.07, 6.45) is 4.22. The molecule has 5 rings (SSSR count). The van der Waals surface area contributed by atoms with Gasteiger partial charge < -0.3 is 14.3 Å². The molecule has 3 aromatic rings. The van der Waals surface area contributed by atoms with E-state index in [0.717, 1.165) is 63.5 Å². The SMILES string of the molecule is Cl.c1ccc2c(CN3CCC(c4nnc5n4CCNC5)CC3)coc2c1. The van der Waals surface area contributed by atoms with Crippen LogP contribution in [0.15, 0.2) is 34.9 Å². The third kappa shape index (κ3) is 3.13. The lowest BCUT2D eigenvalue weighted by molar-refractivity contribution is 0.199. The maximum absolute atomic E-state index is 5.68. The zero-order chi connectivity index (χ0) is 16.6. The summed E-state index contributed by atoms with van der Waals surface area (Å²) in [5.74, 6) is 2.83. The van der Waals surface area contributed by atoms with Crippen molar-refractivity contribution in [3.63, 3.8) is 0 Å². The quantitative estimate of drug-likeness (QED) is 0.765. The summed E-state index contributed by atoms with van der Waals surface area (Å²) in [5, 5.41) is 13.5. The molecule has 0 radical (unpaired) electrons. The first-order chi connectivity index (χ1) is 12.4. The molecule has 1 saturated heterocycles. The fraction of sp³-hybridized carbons (Fsp3) is 0.474. The number of rotatable bonds is 3. The second kappa shape index (κ2) is 7.39. The van der Waals surface area contributed by atoms with Crippen LogP contribution in [0.1, 0.15) is 36.0 Å². The maximum atomic E-state index is 5.68. The number of nitrogens with one attached hydrogen (secondary N) is 1. The lowest BCUT2D eigenvalue weighted by Gasteiger charge is -2.31. The van der Waals surface area contributed by atoms with Gasteiger partial charge in [0.15, 0.2) is 0 Å². The van der Waals surface area contributed by atoms with Gasteiger partial charge in [-0.3, -0.25) is 4.90 Å². The van der Waals surface area contributed by atoms with E-state index in [1.54, 1.807) is 0 Å². The van der Waals surface area contributed by atoms with Crippen LogP contribution in [0.5, 0.6) is 0 Å². The third-order valence-electron chi connectivity index (χ3n) is 5.56. The van der Waals surface area contributed by atoms with Crippen LogP contribution in [0.3, 0.4) is 0 Å². The number of hydrogen-bond donors (Lipinski definition) is 1. The summed E-state index contributed by atoms with van der Waals surface area (Å²) in [5.41, 5.74) is 2.27. The Morgan fingerprint density at radius 3 is 2.85 bits per heavy atom. The number of hydrogen-bond acceptors (Lipinski definition) is 5. The molecule has 7 heteroatoms. The molecule has 0 bridgehead atoms. The van der Waals surface area contributed by atoms with Crippen LogP contribution in [-0.4, -0.2) is 39.3 Å². The Hall–Kier alpha value is -1.89. The van der Waals surface area contributed by atoms with E-state index in [1.807, 2.05) is 18.4 Å². The molecule has 0 saturated carbocycles. The van der Waals surface area contributed by atoms with E-state index in [9.17, 15) is 0 Å². The van der Waals surface area contributed by atoms with E-state index in [-0.39, 0.29) is 12.4 Å². The number of para-hydroxylation sites is 1. The normalized spacial score (nSPS) is 18.6. The molecule has 0 amide bonds. The van der Waals surface area contributed by atoms with E-state index in [4.69, 9.17) is 4.42 Å². The Labute approximate surface area is 159 Å². The molecule has 26 heavy (non-hydrogen) atoms. The fourth-order valence-electron chi connectivity index (χ4n) is 4.16. The Kier molecular flexibility index (Phi) is 4.98. The number of aromatic nitrogens is 3. The summed E-state index contributed by atoms with van der Waals surface area (Å²) >= 11 is 0. The van der Waals surface area contributed by atoms with Crippen molar-refractivity contribution in [2.45, 2.75) is 38.4 Å². The van der Waals surface area contributed by atoms with E-state index in [1.165, 1.54) is 16.8 Å². The number of nitrogens with zero attached hydrogens (tertiary/aromatic N) is 4. The minimum atomic E-state index is 0. The van der Waals surface area contributed by atoms with Crippen LogP contribution in [0, 0.1) is 0 Å². The van der Waals surface area contributed by atoms with Gasteiger partial charge in [0.2, 0.25) is 0 Å². The van der Waals surface area contributed by atoms with Crippen molar-refractivity contribution in [3.05, 3.63) is 47.7 Å². The zero-order valence-corrected chi connectivity index (χ0v) is 15.5. The lowest BCUT2D eigenvalue weighted by atomic mass is 9.95. The van der Waals surface area contributed by atoms with E-state index in [2.05, 4.69) is 37.1 Å². The van der Waals surface area contributed by atoms with Crippen LogP contribution in [-0.2, 0) is 19.6 Å². The van der Waals surface area contributed by atoms with Crippen LogP contribution < -0.4 is 5.32 Å². The molecule has 138 valence electrons. The first kappa shape index (κ1) is 17.5. The number of fused-ring (bicyclic) bond motifs is 2. The smallest absolute Gasteiger partial charge is 0.147 e. The summed E-state index contributed by atoms with van der Waals surface area (Å²) in [7, 11) is 0. The van der Waals surface area contributed by atoms with Crippen LogP contribution in [0.2, 0.25) is 0 Å². The second-order valence-electron chi connectivity index (χ2n) is 7.11. The number of benzene rings is 1. The highest BCUT2D eigenvalue weighted by atomic mass is 35.5. The Morgan fingerprint density at radius 2 is 1.96 bits per heavy atom. The van der Waals surface area contributed by atoms with Gasteiger partial charge in [-0.15, -0.1) is 22.6 Å². The van der Waals surface area contributed by atoms with Gasteiger partial charge in [0, 0.05) is 36.5 Å². The summed E-state index contributed by atoms with van der Waals surface area (Å²) in [4.78, 5) is 2.53. The molecule has 1 aromatic carbocycles. The molecule has 6 nitrogen and oxygen atoms in total. The predicted octanol–water partition coefficient (Wildman–Crippen LogP) is 2.93. The van der Waals surface area contributed by atoms with Crippen LogP contribution >= 0.6 is 12.4 Å². The molecule has 2 aliphatic rings. The molecular formula is C19H24ClN5O. The molecule has 0 aliphatic carbocycles. The molecule has 0 atom stereocenters. The van der Waals surface area contributed by atoms with Gasteiger partial charge in [-0.2, -0.15) is 0 Å². The predicted molar refractivity (Wildman–Crippen MR) is 102 cm³/mol. The van der Waals surface area contributed by atoms with Gasteiger partial charge in [-0.25, -0.2) is 0 Å². The average Bonchev–Trinajstić information content (AvgIpc) is 3.27. The highest BCUT2D eigenvalue weighted by molar-refractivity contribution is 5.85. The third-order valence-corrected chi connectivity index (χ3v) is 5.56. The molecule has 2 aliphatic heterocycles. The largest absolute Gasteiger partial charge is 0.464 e. The molecule has 0 unspecified atom stereocenters.